The molecule has 0 N–H and O–H groups in total. The van der Waals surface area contributed by atoms with Crippen LogP contribution in [0.1, 0.15) is 6.92 Å². The van der Waals surface area contributed by atoms with Gasteiger partial charge in [0, 0.05) is 19.2 Å². The number of nitro groups is 1. The number of methoxy groups -OCH3 is 1. The van der Waals surface area contributed by atoms with Gasteiger partial charge < -0.3 is 4.74 Å². The molecule has 6 nitrogen and oxygen atoms in total. The number of nitro benzene ring substituents is 1. The van der Waals surface area contributed by atoms with Crippen LogP contribution in [-0.4, -0.2) is 32.3 Å². The quantitative estimate of drug-likeness (QED) is 0.589. The molecule has 1 aromatic carbocycles. The molecule has 1 rings (SSSR count). The summed E-state index contributed by atoms with van der Waals surface area (Å²) in [5.74, 6) is -0.204. The van der Waals surface area contributed by atoms with E-state index < -0.39 is 20.9 Å². The molecule has 0 spiro atoms. The molecule has 17 heavy (non-hydrogen) atoms. The molecule has 1 atom stereocenters. The van der Waals surface area contributed by atoms with Gasteiger partial charge in [-0.2, -0.15) is 0 Å². The van der Waals surface area contributed by atoms with Crippen LogP contribution < -0.4 is 0 Å². The van der Waals surface area contributed by atoms with Gasteiger partial charge in [0.25, 0.3) is 5.69 Å². The summed E-state index contributed by atoms with van der Waals surface area (Å²) in [7, 11) is -2.15. The third-order valence-electron chi connectivity index (χ3n) is 2.24. The zero-order chi connectivity index (χ0) is 13.1. The molecule has 7 heteroatoms. The maximum absolute atomic E-state index is 11.9. The molecule has 1 unspecified atom stereocenters. The van der Waals surface area contributed by atoms with Crippen LogP contribution in [0.25, 0.3) is 0 Å². The maximum Gasteiger partial charge on any atom is 0.270 e. The Balaban J connectivity index is 3.07. The predicted octanol–water partition coefficient (Wildman–Crippen LogP) is 1.40. The Bertz CT molecular complexity index is 511. The molecule has 94 valence electrons. The van der Waals surface area contributed by atoms with Gasteiger partial charge >= 0.3 is 0 Å². The first-order valence-corrected chi connectivity index (χ1v) is 6.52. The minimum atomic E-state index is -3.56. The van der Waals surface area contributed by atoms with Crippen LogP contribution in [-0.2, 0) is 14.6 Å². The lowest BCUT2D eigenvalue weighted by atomic mass is 10.3. The van der Waals surface area contributed by atoms with Gasteiger partial charge in [0.05, 0.1) is 21.7 Å². The van der Waals surface area contributed by atoms with E-state index in [1.165, 1.54) is 25.3 Å². The lowest BCUT2D eigenvalue weighted by molar-refractivity contribution is -0.385. The van der Waals surface area contributed by atoms with Crippen molar-refractivity contribution in [2.45, 2.75) is 17.9 Å². The summed E-state index contributed by atoms with van der Waals surface area (Å²) in [4.78, 5) is 9.86. The summed E-state index contributed by atoms with van der Waals surface area (Å²) in [6, 6.07) is 4.99. The number of nitrogens with zero attached hydrogens (tertiary/aromatic N) is 1. The molecule has 0 bridgehead atoms. The van der Waals surface area contributed by atoms with Crippen molar-refractivity contribution >= 4 is 15.5 Å². The standard InChI is InChI=1S/C10H13NO5S/c1-8(16-2)7-17(14,15)10-5-3-4-9(6-10)11(12)13/h3-6,8H,7H2,1-2H3. The molecule has 0 amide bonds. The van der Waals surface area contributed by atoms with Gasteiger partial charge in [-0.3, -0.25) is 10.1 Å². The average Bonchev–Trinajstić information content (AvgIpc) is 2.28. The molecule has 1 aromatic rings. The fourth-order valence-corrected chi connectivity index (χ4v) is 2.80. The second kappa shape index (κ2) is 5.24. The molecule has 0 aliphatic rings. The van der Waals surface area contributed by atoms with Crippen molar-refractivity contribution in [3.05, 3.63) is 34.4 Å². The molecule has 0 radical (unpaired) electrons. The highest BCUT2D eigenvalue weighted by Crippen LogP contribution is 2.19. The van der Waals surface area contributed by atoms with Gasteiger partial charge in [0.1, 0.15) is 0 Å². The van der Waals surface area contributed by atoms with Crippen LogP contribution in [0.15, 0.2) is 29.2 Å². The Kier molecular flexibility index (Phi) is 4.19. The Morgan fingerprint density at radius 2 is 2.12 bits per heavy atom. The first-order chi connectivity index (χ1) is 7.86. The Morgan fingerprint density at radius 3 is 2.65 bits per heavy atom. The van der Waals surface area contributed by atoms with E-state index >= 15 is 0 Å². The molecular weight excluding hydrogens is 246 g/mol. The molecular formula is C10H13NO5S. The number of sulfone groups is 1. The highest BCUT2D eigenvalue weighted by molar-refractivity contribution is 7.91. The normalized spacial score (nSPS) is 13.3. The monoisotopic (exact) mass is 259 g/mol. The van der Waals surface area contributed by atoms with Crippen LogP contribution in [0.3, 0.4) is 0 Å². The smallest absolute Gasteiger partial charge is 0.270 e. The molecule has 0 aliphatic carbocycles. The van der Waals surface area contributed by atoms with Crippen LogP contribution in [0, 0.1) is 10.1 Å². The summed E-state index contributed by atoms with van der Waals surface area (Å²) < 4.78 is 28.6. The predicted molar refractivity (Wildman–Crippen MR) is 61.6 cm³/mol. The number of benzene rings is 1. The van der Waals surface area contributed by atoms with Gasteiger partial charge in [0.15, 0.2) is 9.84 Å². The van der Waals surface area contributed by atoms with Crippen molar-refractivity contribution in [2.75, 3.05) is 12.9 Å². The number of hydrogen-bond acceptors (Lipinski definition) is 5. The van der Waals surface area contributed by atoms with Gasteiger partial charge in [0.2, 0.25) is 0 Å². The van der Waals surface area contributed by atoms with Gasteiger partial charge in [-0.05, 0) is 13.0 Å². The van der Waals surface area contributed by atoms with Crippen molar-refractivity contribution in [2.24, 2.45) is 0 Å². The van der Waals surface area contributed by atoms with Crippen LogP contribution in [0.2, 0.25) is 0 Å². The molecule has 0 heterocycles. The van der Waals surface area contributed by atoms with E-state index in [1.807, 2.05) is 0 Å². The topological polar surface area (TPSA) is 86.5 Å². The Labute approximate surface area is 99.3 Å². The van der Waals surface area contributed by atoms with E-state index in [2.05, 4.69) is 0 Å². The maximum atomic E-state index is 11.9. The zero-order valence-electron chi connectivity index (χ0n) is 9.49. The largest absolute Gasteiger partial charge is 0.381 e. The lowest BCUT2D eigenvalue weighted by Crippen LogP contribution is -2.20. The first kappa shape index (κ1) is 13.6. The van der Waals surface area contributed by atoms with Crippen LogP contribution in [0.5, 0.6) is 0 Å². The van der Waals surface area contributed by atoms with Crippen molar-refractivity contribution in [3.8, 4) is 0 Å². The summed E-state index contributed by atoms with van der Waals surface area (Å²) in [5.41, 5.74) is -0.240. The third-order valence-corrected chi connectivity index (χ3v) is 4.12. The Hall–Kier alpha value is -1.47. The number of rotatable bonds is 5. The van der Waals surface area contributed by atoms with Crippen molar-refractivity contribution < 1.29 is 18.1 Å². The molecule has 0 saturated heterocycles. The summed E-state index contributed by atoms with van der Waals surface area (Å²) >= 11 is 0. The van der Waals surface area contributed by atoms with Crippen molar-refractivity contribution in [3.63, 3.8) is 0 Å². The van der Waals surface area contributed by atoms with E-state index in [9.17, 15) is 18.5 Å². The molecule has 0 saturated carbocycles. The Morgan fingerprint density at radius 1 is 1.47 bits per heavy atom. The SMILES string of the molecule is COC(C)CS(=O)(=O)c1cccc([N+](=O)[O-])c1. The van der Waals surface area contributed by atoms with Gasteiger partial charge in [-0.1, -0.05) is 6.07 Å². The van der Waals surface area contributed by atoms with Crippen molar-refractivity contribution in [1.82, 2.24) is 0 Å². The minimum Gasteiger partial charge on any atom is -0.381 e. The zero-order valence-corrected chi connectivity index (χ0v) is 10.3. The molecule has 0 aromatic heterocycles. The average molecular weight is 259 g/mol. The fourth-order valence-electron chi connectivity index (χ4n) is 1.26. The lowest BCUT2D eigenvalue weighted by Gasteiger charge is -2.09. The number of ether oxygens (including phenoxy) is 1. The van der Waals surface area contributed by atoms with Crippen molar-refractivity contribution in [1.29, 1.82) is 0 Å². The van der Waals surface area contributed by atoms with Gasteiger partial charge in [-0.15, -0.1) is 0 Å². The van der Waals surface area contributed by atoms with Crippen LogP contribution in [0.4, 0.5) is 5.69 Å². The highest BCUT2D eigenvalue weighted by atomic mass is 32.2. The second-order valence-corrected chi connectivity index (χ2v) is 5.62. The first-order valence-electron chi connectivity index (χ1n) is 4.87. The van der Waals surface area contributed by atoms with Gasteiger partial charge in [-0.25, -0.2) is 8.42 Å². The van der Waals surface area contributed by atoms with E-state index in [-0.39, 0.29) is 16.3 Å². The van der Waals surface area contributed by atoms with E-state index in [1.54, 1.807) is 6.92 Å². The van der Waals surface area contributed by atoms with Crippen LogP contribution >= 0.6 is 0 Å². The third kappa shape index (κ3) is 3.50. The molecule has 0 fully saturated rings. The van der Waals surface area contributed by atoms with E-state index in [4.69, 9.17) is 4.74 Å². The summed E-state index contributed by atoms with van der Waals surface area (Å²) in [6.45, 7) is 1.62. The summed E-state index contributed by atoms with van der Waals surface area (Å²) in [6.07, 6.45) is -0.459. The highest BCUT2D eigenvalue weighted by Gasteiger charge is 2.20. The van der Waals surface area contributed by atoms with E-state index in [0.29, 0.717) is 0 Å². The summed E-state index contributed by atoms with van der Waals surface area (Å²) in [5, 5.41) is 10.5. The van der Waals surface area contributed by atoms with E-state index in [0.717, 1.165) is 6.07 Å². The second-order valence-electron chi connectivity index (χ2n) is 3.58. The number of non-ortho nitro benzene ring substituents is 1. The fraction of sp³-hybridized carbons (Fsp3) is 0.400. The minimum absolute atomic E-state index is 0.0596. The molecule has 0 aliphatic heterocycles. The number of hydrogen-bond donors (Lipinski definition) is 0.